The van der Waals surface area contributed by atoms with E-state index in [1.54, 1.807) is 12.1 Å². The Morgan fingerprint density at radius 3 is 2.50 bits per heavy atom. The first-order valence-electron chi connectivity index (χ1n) is 6.77. The van der Waals surface area contributed by atoms with Crippen LogP contribution in [0, 0.1) is 10.1 Å². The summed E-state index contributed by atoms with van der Waals surface area (Å²) < 4.78 is 0. The number of nitro groups is 1. The van der Waals surface area contributed by atoms with Gasteiger partial charge in [-0.25, -0.2) is 4.98 Å². The molecule has 0 amide bonds. The van der Waals surface area contributed by atoms with Crippen molar-refractivity contribution in [2.45, 2.75) is 6.54 Å². The minimum atomic E-state index is -0.498. The Kier molecular flexibility index (Phi) is 3.57. The van der Waals surface area contributed by atoms with E-state index in [1.807, 2.05) is 42.5 Å². The average Bonchev–Trinajstić information content (AvgIpc) is 2.52. The lowest BCUT2D eigenvalue weighted by atomic mass is 10.1. The molecule has 110 valence electrons. The maximum absolute atomic E-state index is 11.3. The molecule has 2 aromatic carbocycles. The largest absolute Gasteiger partial charge is 0.378 e. The van der Waals surface area contributed by atoms with Gasteiger partial charge in [-0.1, -0.05) is 48.5 Å². The molecule has 0 fully saturated rings. The summed E-state index contributed by atoms with van der Waals surface area (Å²) in [5, 5.41) is 15.2. The molecule has 0 saturated heterocycles. The third-order valence-corrected chi connectivity index (χ3v) is 3.39. The summed E-state index contributed by atoms with van der Waals surface area (Å²) >= 11 is 0. The fourth-order valence-electron chi connectivity index (χ4n) is 2.37. The van der Waals surface area contributed by atoms with Crippen LogP contribution in [0.3, 0.4) is 0 Å². The van der Waals surface area contributed by atoms with Gasteiger partial charge in [-0.2, -0.15) is 0 Å². The number of rotatable bonds is 4. The van der Waals surface area contributed by atoms with Crippen LogP contribution < -0.4 is 11.1 Å². The Morgan fingerprint density at radius 1 is 1.09 bits per heavy atom. The summed E-state index contributed by atoms with van der Waals surface area (Å²) in [4.78, 5) is 15.0. The van der Waals surface area contributed by atoms with Crippen LogP contribution in [-0.4, -0.2) is 9.91 Å². The van der Waals surface area contributed by atoms with Crippen LogP contribution in [0.2, 0.25) is 0 Å². The molecule has 0 radical (unpaired) electrons. The Bertz CT molecular complexity index is 834. The zero-order valence-electron chi connectivity index (χ0n) is 11.7. The zero-order valence-corrected chi connectivity index (χ0v) is 11.7. The van der Waals surface area contributed by atoms with Crippen molar-refractivity contribution >= 4 is 28.1 Å². The number of para-hydroxylation sites is 1. The Morgan fingerprint density at radius 2 is 1.77 bits per heavy atom. The first kappa shape index (κ1) is 13.8. The molecular formula is C16H14N4O2. The predicted octanol–water partition coefficient (Wildman–Crippen LogP) is 3.34. The number of nitrogens with one attached hydrogen (secondary N) is 1. The second kappa shape index (κ2) is 5.69. The van der Waals surface area contributed by atoms with Gasteiger partial charge in [0.05, 0.1) is 10.4 Å². The summed E-state index contributed by atoms with van der Waals surface area (Å²) in [6.07, 6.45) is 0. The van der Waals surface area contributed by atoms with Crippen molar-refractivity contribution in [3.05, 3.63) is 70.3 Å². The molecule has 0 spiro atoms. The maximum Gasteiger partial charge on any atom is 0.334 e. The molecule has 0 aliphatic heterocycles. The van der Waals surface area contributed by atoms with Crippen LogP contribution in [0.1, 0.15) is 5.56 Å². The predicted molar refractivity (Wildman–Crippen MR) is 86.6 cm³/mol. The van der Waals surface area contributed by atoms with Gasteiger partial charge in [0, 0.05) is 11.9 Å². The van der Waals surface area contributed by atoms with E-state index < -0.39 is 4.92 Å². The minimum Gasteiger partial charge on any atom is -0.378 e. The average molecular weight is 294 g/mol. The van der Waals surface area contributed by atoms with E-state index in [4.69, 9.17) is 5.73 Å². The van der Waals surface area contributed by atoms with Crippen LogP contribution in [-0.2, 0) is 6.54 Å². The number of benzene rings is 2. The van der Waals surface area contributed by atoms with Gasteiger partial charge < -0.3 is 11.1 Å². The normalized spacial score (nSPS) is 10.5. The van der Waals surface area contributed by atoms with Gasteiger partial charge in [0.2, 0.25) is 5.82 Å². The lowest BCUT2D eigenvalue weighted by molar-refractivity contribution is -0.383. The quantitative estimate of drug-likeness (QED) is 0.568. The lowest BCUT2D eigenvalue weighted by Gasteiger charge is -2.11. The van der Waals surface area contributed by atoms with Crippen molar-refractivity contribution in [2.75, 3.05) is 11.1 Å². The van der Waals surface area contributed by atoms with Crippen molar-refractivity contribution in [1.82, 2.24) is 4.98 Å². The van der Waals surface area contributed by atoms with Crippen LogP contribution >= 0.6 is 0 Å². The monoisotopic (exact) mass is 294 g/mol. The zero-order chi connectivity index (χ0) is 15.5. The molecule has 3 aromatic rings. The molecular weight excluding hydrogens is 280 g/mol. The van der Waals surface area contributed by atoms with Gasteiger partial charge in [-0.15, -0.1) is 0 Å². The number of aromatic nitrogens is 1. The third-order valence-electron chi connectivity index (χ3n) is 3.39. The van der Waals surface area contributed by atoms with Gasteiger partial charge in [0.15, 0.2) is 0 Å². The first-order chi connectivity index (χ1) is 10.7. The molecule has 0 aliphatic rings. The number of pyridine rings is 1. The summed E-state index contributed by atoms with van der Waals surface area (Å²) in [5.74, 6) is -0.0840. The second-order valence-electron chi connectivity index (χ2n) is 4.83. The van der Waals surface area contributed by atoms with Crippen molar-refractivity contribution in [1.29, 1.82) is 0 Å². The maximum atomic E-state index is 11.3. The number of nitrogens with zero attached hydrogens (tertiary/aromatic N) is 2. The second-order valence-corrected chi connectivity index (χ2v) is 4.83. The lowest BCUT2D eigenvalue weighted by Crippen LogP contribution is -2.07. The number of nitrogen functional groups attached to an aromatic ring is 1. The van der Waals surface area contributed by atoms with Crippen LogP contribution in [0.5, 0.6) is 0 Å². The molecule has 1 aromatic heterocycles. The van der Waals surface area contributed by atoms with Crippen LogP contribution in [0.4, 0.5) is 17.2 Å². The Balaban J connectivity index is 2.09. The van der Waals surface area contributed by atoms with Crippen molar-refractivity contribution in [3.63, 3.8) is 0 Å². The number of nitrogens with two attached hydrogens (primary N) is 1. The highest BCUT2D eigenvalue weighted by Crippen LogP contribution is 2.36. The SMILES string of the molecule is Nc1nc2ccccc2c(NCc2ccccc2)c1[N+](=O)[O-]. The summed E-state index contributed by atoms with van der Waals surface area (Å²) in [7, 11) is 0. The first-order valence-corrected chi connectivity index (χ1v) is 6.77. The number of anilines is 2. The van der Waals surface area contributed by atoms with E-state index in [1.165, 1.54) is 0 Å². The molecule has 0 unspecified atom stereocenters. The fourth-order valence-corrected chi connectivity index (χ4v) is 2.37. The molecule has 6 nitrogen and oxygen atoms in total. The summed E-state index contributed by atoms with van der Waals surface area (Å²) in [5.41, 5.74) is 7.63. The van der Waals surface area contributed by atoms with Gasteiger partial charge in [0.25, 0.3) is 0 Å². The third kappa shape index (κ3) is 2.54. The topological polar surface area (TPSA) is 94.1 Å². The number of fused-ring (bicyclic) bond motifs is 1. The van der Waals surface area contributed by atoms with Crippen molar-refractivity contribution in [3.8, 4) is 0 Å². The van der Waals surface area contributed by atoms with E-state index in [-0.39, 0.29) is 11.5 Å². The molecule has 0 bridgehead atoms. The smallest absolute Gasteiger partial charge is 0.334 e. The highest BCUT2D eigenvalue weighted by atomic mass is 16.6. The van der Waals surface area contributed by atoms with Crippen molar-refractivity contribution in [2.24, 2.45) is 0 Å². The number of hydrogen-bond acceptors (Lipinski definition) is 5. The summed E-state index contributed by atoms with van der Waals surface area (Å²) in [6, 6.07) is 16.9. The van der Waals surface area contributed by atoms with Gasteiger partial charge in [-0.3, -0.25) is 10.1 Å². The van der Waals surface area contributed by atoms with Crippen molar-refractivity contribution < 1.29 is 4.92 Å². The molecule has 1 heterocycles. The van der Waals surface area contributed by atoms with Crippen LogP contribution in [0.25, 0.3) is 10.9 Å². The van der Waals surface area contributed by atoms with E-state index in [0.29, 0.717) is 23.1 Å². The highest BCUT2D eigenvalue weighted by Gasteiger charge is 2.22. The fraction of sp³-hybridized carbons (Fsp3) is 0.0625. The van der Waals surface area contributed by atoms with E-state index in [0.717, 1.165) is 5.56 Å². The van der Waals surface area contributed by atoms with Gasteiger partial charge in [-0.05, 0) is 11.6 Å². The van der Waals surface area contributed by atoms with Gasteiger partial charge >= 0.3 is 5.69 Å². The molecule has 3 rings (SSSR count). The van der Waals surface area contributed by atoms with E-state index in [9.17, 15) is 10.1 Å². The van der Waals surface area contributed by atoms with Crippen LogP contribution in [0.15, 0.2) is 54.6 Å². The van der Waals surface area contributed by atoms with Gasteiger partial charge in [0.1, 0.15) is 5.69 Å². The minimum absolute atomic E-state index is 0.0840. The van der Waals surface area contributed by atoms with E-state index in [2.05, 4.69) is 10.3 Å². The highest BCUT2D eigenvalue weighted by molar-refractivity contribution is 5.99. The van der Waals surface area contributed by atoms with E-state index >= 15 is 0 Å². The molecule has 0 saturated carbocycles. The molecule has 22 heavy (non-hydrogen) atoms. The molecule has 6 heteroatoms. The molecule has 0 atom stereocenters. The standard InChI is InChI=1S/C16H14N4O2/c17-16-15(20(21)22)14(12-8-4-5-9-13(12)19-16)18-10-11-6-2-1-3-7-11/h1-9H,10H2,(H3,17,18,19). The molecule has 0 aliphatic carbocycles. The Labute approximate surface area is 126 Å². The molecule has 3 N–H and O–H groups in total. The number of hydrogen-bond donors (Lipinski definition) is 2. The Hall–Kier alpha value is -3.15. The summed E-state index contributed by atoms with van der Waals surface area (Å²) in [6.45, 7) is 0.467.